The lowest BCUT2D eigenvalue weighted by Crippen LogP contribution is -2.39. The monoisotopic (exact) mass is 1080 g/mol. The number of carbonyl (C=O) groups is 8. The summed E-state index contributed by atoms with van der Waals surface area (Å²) >= 11 is 0. The first-order valence-corrected chi connectivity index (χ1v) is 25.1. The van der Waals surface area contributed by atoms with Crippen LogP contribution < -0.4 is 42.5 Å². The molecule has 0 fully saturated rings. The fraction of sp³-hybridized carbons (Fsp3) is 0.492. The maximum Gasteiger partial charge on any atom is 0.408 e. The van der Waals surface area contributed by atoms with E-state index in [-0.39, 0.29) is 69.7 Å². The predicted octanol–water partition coefficient (Wildman–Crippen LogP) is 6.53. The molecular formula is C59H86N8O11. The summed E-state index contributed by atoms with van der Waals surface area (Å²) in [6.45, 7) is 23.6. The molecule has 8 amide bonds. The van der Waals surface area contributed by atoms with Crippen LogP contribution >= 0.6 is 0 Å². The quantitative estimate of drug-likeness (QED) is 0.0746. The van der Waals surface area contributed by atoms with Gasteiger partial charge in [-0.3, -0.25) is 24.0 Å². The molecule has 0 spiro atoms. The van der Waals surface area contributed by atoms with Crippen molar-refractivity contribution >= 4 is 47.8 Å². The van der Waals surface area contributed by atoms with Gasteiger partial charge < -0.3 is 56.7 Å². The molecule has 78 heavy (non-hydrogen) atoms. The number of benzene rings is 2. The van der Waals surface area contributed by atoms with E-state index in [0.29, 0.717) is 31.7 Å². The zero-order valence-electron chi connectivity index (χ0n) is 47.2. The molecule has 19 heteroatoms. The number of carbonyl (C=O) groups excluding carboxylic acids is 8. The average molecular weight is 1080 g/mol. The molecule has 0 aliphatic heterocycles. The molecule has 8 N–H and O–H groups in total. The van der Waals surface area contributed by atoms with Gasteiger partial charge in [0.25, 0.3) is 5.91 Å². The normalized spacial score (nSPS) is 9.03. The number of hydrogen-bond donors (Lipinski definition) is 8. The third kappa shape index (κ3) is 58.3. The number of alkyl carbamates (subject to hydrolysis) is 3. The Bertz CT molecular complexity index is 2380. The van der Waals surface area contributed by atoms with E-state index in [1.165, 1.54) is 6.92 Å². The van der Waals surface area contributed by atoms with E-state index in [1.54, 1.807) is 45.0 Å². The third-order valence-electron chi connectivity index (χ3n) is 7.62. The third-order valence-corrected chi connectivity index (χ3v) is 7.62. The second-order valence-corrected chi connectivity index (χ2v) is 17.0. The fourth-order valence-electron chi connectivity index (χ4n) is 4.40. The van der Waals surface area contributed by atoms with E-state index in [0.717, 1.165) is 37.7 Å². The van der Waals surface area contributed by atoms with Crippen LogP contribution in [0.1, 0.15) is 139 Å². The highest BCUT2D eigenvalue weighted by Crippen LogP contribution is 2.07. The highest BCUT2D eigenvalue weighted by molar-refractivity contribution is 5.96. The van der Waals surface area contributed by atoms with Crippen LogP contribution in [0.3, 0.4) is 0 Å². The molecule has 0 saturated carbocycles. The van der Waals surface area contributed by atoms with Crippen LogP contribution in [-0.2, 0) is 40.0 Å². The summed E-state index contributed by atoms with van der Waals surface area (Å²) < 4.78 is 14.9. The Kier molecular flexibility index (Phi) is 49.2. The molecular weight excluding hydrogens is 997 g/mol. The lowest BCUT2D eigenvalue weighted by molar-refractivity contribution is -0.120. The van der Waals surface area contributed by atoms with Gasteiger partial charge in [-0.25, -0.2) is 14.4 Å². The Labute approximate surface area is 465 Å². The minimum atomic E-state index is -0.622. The number of nitrogens with one attached hydrogen (secondary N) is 8. The van der Waals surface area contributed by atoms with E-state index >= 15 is 0 Å². The molecule has 0 aliphatic rings. The molecule has 19 nitrogen and oxygen atoms in total. The minimum absolute atomic E-state index is 0. The van der Waals surface area contributed by atoms with E-state index in [9.17, 15) is 38.4 Å². The van der Waals surface area contributed by atoms with Gasteiger partial charge in [0.2, 0.25) is 23.6 Å². The van der Waals surface area contributed by atoms with E-state index < -0.39 is 29.5 Å². The maximum absolute atomic E-state index is 11.6. The second-order valence-electron chi connectivity index (χ2n) is 17.0. The van der Waals surface area contributed by atoms with Gasteiger partial charge in [0.05, 0.1) is 39.3 Å². The lowest BCUT2D eigenvalue weighted by atomic mass is 10.2. The standard InChI is InChI=1S/C15H18N2O3.C14H16N2O2.C12H20N2O3.C10H17NO2.C7H11NO.CH4/c1-2-3-7-10-16-14(18)11-17-15(19)20-12-13-8-5-4-6-9-13;1-2-3-7-10-15-13(17)11-16-14(18)12-8-5-4-6-9-12;1-5-6-7-8-13-10(15)9-14-11(16)17-12(2,3)4;1-5-6-7-8-11-9(12)13-10(2,3)4;1-3-4-5-6-8-7(2)9;/h4-6,8-9H,2,10-12H2,1H3,(H,16,18)(H,17,19);4-6,8-9H,2,10-11H2,1H3,(H,15,17)(H,16,18);5,8-9H2,1-4H3,(H,13,15)(H,14,16);5,8H2,1-4H3,(H,11,12);3,6H2,1-2H3,(H,8,9);1H4. The summed E-state index contributed by atoms with van der Waals surface area (Å²) in [6.07, 6.45) is 2.27. The Morgan fingerprint density at radius 3 is 1.09 bits per heavy atom. The van der Waals surface area contributed by atoms with Gasteiger partial charge in [0, 0.05) is 44.6 Å². The van der Waals surface area contributed by atoms with Gasteiger partial charge in [-0.15, -0.1) is 29.6 Å². The molecule has 2 aromatic rings. The Hall–Kier alpha value is -8.60. The molecule has 0 radical (unpaired) electrons. The number of rotatable bonds is 14. The first kappa shape index (κ1) is 75.9. The van der Waals surface area contributed by atoms with Crippen LogP contribution in [-0.4, -0.2) is 111 Å². The van der Waals surface area contributed by atoms with Crippen molar-refractivity contribution in [3.63, 3.8) is 0 Å². The summed E-state index contributed by atoms with van der Waals surface area (Å²) in [7, 11) is 0. The van der Waals surface area contributed by atoms with Crippen LogP contribution in [0.25, 0.3) is 0 Å². The van der Waals surface area contributed by atoms with Gasteiger partial charge in [0.1, 0.15) is 30.9 Å². The van der Waals surface area contributed by atoms with E-state index in [1.807, 2.05) is 91.8 Å². The van der Waals surface area contributed by atoms with E-state index in [4.69, 9.17) is 14.2 Å². The molecule has 0 aliphatic carbocycles. The van der Waals surface area contributed by atoms with Gasteiger partial charge >= 0.3 is 18.3 Å². The molecule has 2 aromatic carbocycles. The summed E-state index contributed by atoms with van der Waals surface area (Å²) in [6, 6.07) is 18.1. The van der Waals surface area contributed by atoms with Crippen molar-refractivity contribution in [1.82, 2.24) is 42.5 Å². The maximum atomic E-state index is 11.6. The predicted molar refractivity (Wildman–Crippen MR) is 307 cm³/mol. The van der Waals surface area contributed by atoms with Crippen molar-refractivity contribution in [2.24, 2.45) is 0 Å². The van der Waals surface area contributed by atoms with Crippen molar-refractivity contribution in [2.45, 2.75) is 140 Å². The highest BCUT2D eigenvalue weighted by atomic mass is 16.6. The first-order chi connectivity index (χ1) is 36.5. The molecule has 0 heterocycles. The largest absolute Gasteiger partial charge is 0.445 e. The summed E-state index contributed by atoms with van der Waals surface area (Å²) in [5, 5.41) is 20.1. The molecule has 2 rings (SSSR count). The second kappa shape index (κ2) is 50.6. The Morgan fingerprint density at radius 1 is 0.410 bits per heavy atom. The van der Waals surface area contributed by atoms with Gasteiger partial charge in [-0.2, -0.15) is 0 Å². The molecule has 0 unspecified atom stereocenters. The van der Waals surface area contributed by atoms with Crippen LogP contribution in [0.15, 0.2) is 60.7 Å². The Morgan fingerprint density at radius 2 is 0.731 bits per heavy atom. The molecule has 0 bridgehead atoms. The van der Waals surface area contributed by atoms with Crippen LogP contribution in [0.5, 0.6) is 0 Å². The van der Waals surface area contributed by atoms with Crippen molar-refractivity contribution in [1.29, 1.82) is 0 Å². The van der Waals surface area contributed by atoms with Gasteiger partial charge in [-0.05, 0) is 59.2 Å². The number of hydrogen-bond acceptors (Lipinski definition) is 11. The van der Waals surface area contributed by atoms with Crippen molar-refractivity contribution in [2.75, 3.05) is 52.4 Å². The zero-order chi connectivity index (χ0) is 58.6. The van der Waals surface area contributed by atoms with Crippen LogP contribution in [0.4, 0.5) is 14.4 Å². The average Bonchev–Trinajstić information content (AvgIpc) is 3.38. The van der Waals surface area contributed by atoms with Gasteiger partial charge in [-0.1, -0.05) is 120 Å². The lowest BCUT2D eigenvalue weighted by Gasteiger charge is -2.19. The van der Waals surface area contributed by atoms with Crippen LogP contribution in [0.2, 0.25) is 0 Å². The van der Waals surface area contributed by atoms with Crippen molar-refractivity contribution < 1.29 is 52.6 Å². The SMILES string of the molecule is C.CCC#CCNC(=O)CNC(=O)OC(C)(C)C.CCC#CCNC(=O)CNC(=O)OCc1ccccc1.CCC#CCNC(=O)CNC(=O)c1ccccc1.CCC#CCNC(=O)OC(C)(C)C.CCC#CCNC(C)=O. The summed E-state index contributed by atoms with van der Waals surface area (Å²) in [5.41, 5.74) is 0.424. The number of amides is 8. The highest BCUT2D eigenvalue weighted by Gasteiger charge is 2.17. The van der Waals surface area contributed by atoms with Crippen molar-refractivity contribution in [3.8, 4) is 59.2 Å². The van der Waals surface area contributed by atoms with Gasteiger partial charge in [0.15, 0.2) is 0 Å². The Balaban J connectivity index is -0.000000447. The van der Waals surface area contributed by atoms with Crippen molar-refractivity contribution in [3.05, 3.63) is 71.8 Å². The topological polar surface area (TPSA) is 260 Å². The molecule has 0 atom stereocenters. The zero-order valence-corrected chi connectivity index (χ0v) is 47.2. The molecule has 0 aromatic heterocycles. The molecule has 428 valence electrons. The minimum Gasteiger partial charge on any atom is -0.445 e. The smallest absolute Gasteiger partial charge is 0.408 e. The fourth-order valence-corrected chi connectivity index (χ4v) is 4.40. The van der Waals surface area contributed by atoms with E-state index in [2.05, 4.69) is 102 Å². The summed E-state index contributed by atoms with van der Waals surface area (Å²) in [4.78, 5) is 89.3. The summed E-state index contributed by atoms with van der Waals surface area (Å²) in [5.74, 6) is 27.0. The molecule has 0 saturated heterocycles. The first-order valence-electron chi connectivity index (χ1n) is 25.1. The van der Waals surface area contributed by atoms with Crippen LogP contribution in [0, 0.1) is 59.2 Å². The number of ether oxygens (including phenoxy) is 3.